The summed E-state index contributed by atoms with van der Waals surface area (Å²) in [7, 11) is 0. The highest BCUT2D eigenvalue weighted by atomic mass is 16.4. The van der Waals surface area contributed by atoms with Crippen LogP contribution in [0.1, 0.15) is 10.4 Å². The van der Waals surface area contributed by atoms with E-state index in [1.165, 1.54) is 12.1 Å². The molecule has 0 spiro atoms. The molecule has 122 valence electrons. The summed E-state index contributed by atoms with van der Waals surface area (Å²) in [5, 5.41) is 25.4. The highest BCUT2D eigenvalue weighted by Gasteiger charge is 2.00. The van der Waals surface area contributed by atoms with Crippen molar-refractivity contribution < 1.29 is 9.90 Å². The van der Waals surface area contributed by atoms with Crippen LogP contribution in [0.5, 0.6) is 0 Å². The van der Waals surface area contributed by atoms with Crippen LogP contribution in [-0.2, 0) is 0 Å². The molecule has 0 heterocycles. The maximum absolute atomic E-state index is 10.8. The smallest absolute Gasteiger partial charge is 0.335 e. The quantitative estimate of drug-likeness (QED) is 0.563. The minimum Gasteiger partial charge on any atom is -0.478 e. The third-order valence-corrected chi connectivity index (χ3v) is 3.28. The molecule has 0 unspecified atom stereocenters. The molecule has 6 nitrogen and oxygen atoms in total. The topological polar surface area (TPSA) is 86.7 Å². The highest BCUT2D eigenvalue weighted by Crippen LogP contribution is 2.23. The van der Waals surface area contributed by atoms with Crippen molar-refractivity contribution >= 4 is 28.7 Å². The van der Waals surface area contributed by atoms with Gasteiger partial charge < -0.3 is 5.11 Å². The Morgan fingerprint density at radius 3 is 1.32 bits per heavy atom. The van der Waals surface area contributed by atoms with Crippen molar-refractivity contribution in [3.8, 4) is 0 Å². The molecule has 0 bridgehead atoms. The van der Waals surface area contributed by atoms with E-state index in [0.29, 0.717) is 17.1 Å². The van der Waals surface area contributed by atoms with Gasteiger partial charge in [-0.25, -0.2) is 4.79 Å². The maximum Gasteiger partial charge on any atom is 0.335 e. The van der Waals surface area contributed by atoms with Gasteiger partial charge in [0.05, 0.1) is 28.3 Å². The van der Waals surface area contributed by atoms with Crippen LogP contribution >= 0.6 is 0 Å². The zero-order valence-electron chi connectivity index (χ0n) is 13.1. The number of azo groups is 2. The normalized spacial score (nSPS) is 11.2. The lowest BCUT2D eigenvalue weighted by atomic mass is 10.2. The van der Waals surface area contributed by atoms with E-state index in [2.05, 4.69) is 20.5 Å². The zero-order chi connectivity index (χ0) is 17.5. The van der Waals surface area contributed by atoms with E-state index in [1.54, 1.807) is 36.4 Å². The van der Waals surface area contributed by atoms with Gasteiger partial charge in [-0.05, 0) is 60.7 Å². The molecule has 3 rings (SSSR count). The number of hydrogen-bond acceptors (Lipinski definition) is 5. The lowest BCUT2D eigenvalue weighted by Crippen LogP contribution is -1.93. The van der Waals surface area contributed by atoms with E-state index in [9.17, 15) is 4.79 Å². The van der Waals surface area contributed by atoms with Gasteiger partial charge in [0.1, 0.15) is 0 Å². The van der Waals surface area contributed by atoms with E-state index in [-0.39, 0.29) is 5.56 Å². The second-order valence-corrected chi connectivity index (χ2v) is 5.10. The van der Waals surface area contributed by atoms with Crippen LogP contribution in [0.25, 0.3) is 0 Å². The van der Waals surface area contributed by atoms with Gasteiger partial charge in [0.25, 0.3) is 0 Å². The minimum atomic E-state index is -0.969. The fourth-order valence-electron chi connectivity index (χ4n) is 1.98. The van der Waals surface area contributed by atoms with Crippen molar-refractivity contribution in [3.63, 3.8) is 0 Å². The van der Waals surface area contributed by atoms with Crippen molar-refractivity contribution in [2.45, 2.75) is 0 Å². The lowest BCUT2D eigenvalue weighted by Gasteiger charge is -1.96. The van der Waals surface area contributed by atoms with Crippen LogP contribution in [0.15, 0.2) is 99.3 Å². The Labute approximate surface area is 144 Å². The summed E-state index contributed by atoms with van der Waals surface area (Å²) >= 11 is 0. The molecule has 0 saturated heterocycles. The Balaban J connectivity index is 1.66. The summed E-state index contributed by atoms with van der Waals surface area (Å²) < 4.78 is 0. The molecule has 25 heavy (non-hydrogen) atoms. The van der Waals surface area contributed by atoms with Crippen LogP contribution in [0.4, 0.5) is 22.7 Å². The van der Waals surface area contributed by atoms with E-state index < -0.39 is 5.97 Å². The summed E-state index contributed by atoms with van der Waals surface area (Å²) in [6.45, 7) is 0. The Kier molecular flexibility index (Phi) is 5.01. The fraction of sp³-hybridized carbons (Fsp3) is 0. The number of carboxylic acids is 1. The first-order valence-corrected chi connectivity index (χ1v) is 7.53. The summed E-state index contributed by atoms with van der Waals surface area (Å²) in [4.78, 5) is 10.8. The molecule has 0 atom stereocenters. The summed E-state index contributed by atoms with van der Waals surface area (Å²) in [6, 6.07) is 22.9. The van der Waals surface area contributed by atoms with Crippen LogP contribution in [0.2, 0.25) is 0 Å². The van der Waals surface area contributed by atoms with Crippen LogP contribution in [0.3, 0.4) is 0 Å². The molecule has 0 aliphatic heterocycles. The number of hydrogen-bond donors (Lipinski definition) is 1. The molecule has 0 aliphatic carbocycles. The van der Waals surface area contributed by atoms with E-state index in [4.69, 9.17) is 5.11 Å². The maximum atomic E-state index is 10.8. The van der Waals surface area contributed by atoms with Gasteiger partial charge in [-0.15, -0.1) is 0 Å². The van der Waals surface area contributed by atoms with E-state index in [1.807, 2.05) is 30.3 Å². The number of rotatable bonds is 5. The van der Waals surface area contributed by atoms with Gasteiger partial charge in [0.2, 0.25) is 0 Å². The average Bonchev–Trinajstić information content (AvgIpc) is 2.67. The fourth-order valence-corrected chi connectivity index (χ4v) is 1.98. The lowest BCUT2D eigenvalue weighted by molar-refractivity contribution is 0.0697. The predicted octanol–water partition coefficient (Wildman–Crippen LogP) is 6.22. The summed E-state index contributed by atoms with van der Waals surface area (Å²) in [5.74, 6) is -0.969. The predicted molar refractivity (Wildman–Crippen MR) is 94.6 cm³/mol. The molecule has 3 aromatic rings. The first-order valence-electron chi connectivity index (χ1n) is 7.53. The molecule has 1 N–H and O–H groups in total. The second-order valence-electron chi connectivity index (χ2n) is 5.10. The minimum absolute atomic E-state index is 0.215. The SMILES string of the molecule is O=C(O)c1ccc(N=Nc2ccc(N=Nc3ccccc3)cc2)cc1. The number of benzene rings is 3. The monoisotopic (exact) mass is 330 g/mol. The molecule has 0 amide bonds. The van der Waals surface area contributed by atoms with Crippen molar-refractivity contribution in [2.24, 2.45) is 20.5 Å². The highest BCUT2D eigenvalue weighted by molar-refractivity contribution is 5.87. The summed E-state index contributed by atoms with van der Waals surface area (Å²) in [6.07, 6.45) is 0. The molecule has 6 heteroatoms. The summed E-state index contributed by atoms with van der Waals surface area (Å²) in [5.41, 5.74) is 2.97. The van der Waals surface area contributed by atoms with Crippen molar-refractivity contribution in [1.29, 1.82) is 0 Å². The largest absolute Gasteiger partial charge is 0.478 e. The standard InChI is InChI=1S/C19H14N4O2/c24-19(25)14-6-8-16(9-7-14)21-23-18-12-10-17(11-13-18)22-20-15-4-2-1-3-5-15/h1-13H,(H,24,25). The molecule has 0 aliphatic rings. The van der Waals surface area contributed by atoms with Gasteiger partial charge >= 0.3 is 5.97 Å². The van der Waals surface area contributed by atoms with Crippen LogP contribution in [-0.4, -0.2) is 11.1 Å². The van der Waals surface area contributed by atoms with Gasteiger partial charge in [-0.1, -0.05) is 18.2 Å². The Bertz CT molecular complexity index is 902. The van der Waals surface area contributed by atoms with Gasteiger partial charge in [0, 0.05) is 0 Å². The van der Waals surface area contributed by atoms with E-state index in [0.717, 1.165) is 5.69 Å². The third-order valence-electron chi connectivity index (χ3n) is 3.28. The molecular formula is C19H14N4O2. The Hall–Kier alpha value is -3.67. The van der Waals surface area contributed by atoms with Crippen molar-refractivity contribution in [2.75, 3.05) is 0 Å². The van der Waals surface area contributed by atoms with E-state index >= 15 is 0 Å². The molecule has 0 saturated carbocycles. The van der Waals surface area contributed by atoms with Gasteiger partial charge in [-0.2, -0.15) is 20.5 Å². The van der Waals surface area contributed by atoms with Crippen LogP contribution < -0.4 is 0 Å². The number of carbonyl (C=O) groups is 1. The molecule has 3 aromatic carbocycles. The molecule has 0 aromatic heterocycles. The number of nitrogens with zero attached hydrogens (tertiary/aromatic N) is 4. The molecular weight excluding hydrogens is 316 g/mol. The zero-order valence-corrected chi connectivity index (χ0v) is 13.1. The van der Waals surface area contributed by atoms with Gasteiger partial charge in [0.15, 0.2) is 0 Å². The van der Waals surface area contributed by atoms with Crippen LogP contribution in [0, 0.1) is 0 Å². The van der Waals surface area contributed by atoms with Crippen molar-refractivity contribution in [3.05, 3.63) is 84.4 Å². The first-order chi connectivity index (χ1) is 12.2. The third kappa shape index (κ3) is 4.65. The Morgan fingerprint density at radius 2 is 0.920 bits per heavy atom. The molecule has 0 fully saturated rings. The second kappa shape index (κ2) is 7.74. The number of aromatic carboxylic acids is 1. The average molecular weight is 330 g/mol. The number of carboxylic acid groups (broad SMARTS) is 1. The van der Waals surface area contributed by atoms with Gasteiger partial charge in [-0.3, -0.25) is 0 Å². The Morgan fingerprint density at radius 1 is 0.560 bits per heavy atom. The first kappa shape index (κ1) is 16.2. The van der Waals surface area contributed by atoms with Crippen molar-refractivity contribution in [1.82, 2.24) is 0 Å². The molecule has 0 radical (unpaired) electrons.